The first kappa shape index (κ1) is 18.4. The fourth-order valence-corrected chi connectivity index (χ4v) is 4.22. The Bertz CT molecular complexity index is 552. The van der Waals surface area contributed by atoms with Crippen molar-refractivity contribution in [2.24, 2.45) is 0 Å². The topological polar surface area (TPSA) is 70.7 Å². The van der Waals surface area contributed by atoms with E-state index >= 15 is 0 Å². The number of amides is 2. The van der Waals surface area contributed by atoms with E-state index in [0.29, 0.717) is 13.1 Å². The third-order valence-corrected chi connectivity index (χ3v) is 5.64. The summed E-state index contributed by atoms with van der Waals surface area (Å²) in [4.78, 5) is 26.5. The quantitative estimate of drug-likeness (QED) is 0.753. The first-order valence-electron chi connectivity index (χ1n) is 9.18. The zero-order chi connectivity index (χ0) is 17.5. The lowest BCUT2D eigenvalue weighted by atomic mass is 10.0. The van der Waals surface area contributed by atoms with E-state index in [1.165, 1.54) is 24.8 Å². The molecule has 1 aromatic heterocycles. The number of hydrogen-bond donors (Lipinski definition) is 2. The Kier molecular flexibility index (Phi) is 6.84. The Balaban J connectivity index is 1.49. The standard InChI is InChI=1S/C18H27N3O3S/c22-17(19-11-15-5-4-9-24-15)18(23)20-12-16(14-6-10-25-13-14)21-7-2-1-3-8-21/h6,10,13,15-16H,1-5,7-9,11-12H2,(H,19,22)(H,20,23). The highest BCUT2D eigenvalue weighted by Gasteiger charge is 2.25. The molecule has 0 radical (unpaired) electrons. The average Bonchev–Trinajstić information content (AvgIpc) is 3.34. The van der Waals surface area contributed by atoms with Crippen LogP contribution in [0.1, 0.15) is 43.7 Å². The SMILES string of the molecule is O=C(NCC1CCCO1)C(=O)NCC(c1ccsc1)N1CCCCC1. The van der Waals surface area contributed by atoms with Crippen molar-refractivity contribution in [2.45, 2.75) is 44.2 Å². The summed E-state index contributed by atoms with van der Waals surface area (Å²) in [5.41, 5.74) is 1.21. The second-order valence-electron chi connectivity index (χ2n) is 6.72. The van der Waals surface area contributed by atoms with Gasteiger partial charge in [0.25, 0.3) is 0 Å². The average molecular weight is 365 g/mol. The minimum Gasteiger partial charge on any atom is -0.376 e. The first-order valence-corrected chi connectivity index (χ1v) is 10.1. The highest BCUT2D eigenvalue weighted by Crippen LogP contribution is 2.25. The number of carbonyl (C=O) groups is 2. The summed E-state index contributed by atoms with van der Waals surface area (Å²) in [6, 6.07) is 2.25. The van der Waals surface area contributed by atoms with Gasteiger partial charge >= 0.3 is 11.8 Å². The maximum Gasteiger partial charge on any atom is 0.309 e. The Morgan fingerprint density at radius 3 is 2.68 bits per heavy atom. The van der Waals surface area contributed by atoms with Crippen molar-refractivity contribution in [3.8, 4) is 0 Å². The molecule has 0 spiro atoms. The van der Waals surface area contributed by atoms with Gasteiger partial charge in [-0.2, -0.15) is 11.3 Å². The highest BCUT2D eigenvalue weighted by atomic mass is 32.1. The minimum atomic E-state index is -0.571. The maximum absolute atomic E-state index is 12.1. The number of hydrogen-bond acceptors (Lipinski definition) is 5. The van der Waals surface area contributed by atoms with Crippen LogP contribution in [-0.2, 0) is 14.3 Å². The molecular formula is C18H27N3O3S. The van der Waals surface area contributed by atoms with Gasteiger partial charge < -0.3 is 15.4 Å². The van der Waals surface area contributed by atoms with Crippen molar-refractivity contribution in [1.29, 1.82) is 0 Å². The predicted octanol–water partition coefficient (Wildman–Crippen LogP) is 1.69. The molecule has 2 N–H and O–H groups in total. The fraction of sp³-hybridized carbons (Fsp3) is 0.667. The van der Waals surface area contributed by atoms with Crippen molar-refractivity contribution in [3.63, 3.8) is 0 Å². The van der Waals surface area contributed by atoms with Crippen LogP contribution in [0.15, 0.2) is 16.8 Å². The number of rotatable bonds is 6. The van der Waals surface area contributed by atoms with Crippen LogP contribution in [0.3, 0.4) is 0 Å². The molecule has 138 valence electrons. The first-order chi connectivity index (χ1) is 12.2. The van der Waals surface area contributed by atoms with Gasteiger partial charge in [-0.15, -0.1) is 0 Å². The molecule has 2 aliphatic rings. The number of nitrogens with zero attached hydrogens (tertiary/aromatic N) is 1. The van der Waals surface area contributed by atoms with Crippen molar-refractivity contribution in [1.82, 2.24) is 15.5 Å². The number of piperidine rings is 1. The van der Waals surface area contributed by atoms with Gasteiger partial charge in [-0.1, -0.05) is 6.42 Å². The zero-order valence-corrected chi connectivity index (χ0v) is 15.4. The van der Waals surface area contributed by atoms with Gasteiger partial charge in [0, 0.05) is 19.7 Å². The van der Waals surface area contributed by atoms with Gasteiger partial charge in [0.2, 0.25) is 0 Å². The Hall–Kier alpha value is -1.44. The molecule has 7 heteroatoms. The number of likely N-dealkylation sites (tertiary alicyclic amines) is 1. The molecule has 0 aromatic carbocycles. The van der Waals surface area contributed by atoms with E-state index in [2.05, 4.69) is 32.4 Å². The van der Waals surface area contributed by atoms with Crippen LogP contribution in [0, 0.1) is 0 Å². The number of ether oxygens (including phenoxy) is 1. The summed E-state index contributed by atoms with van der Waals surface area (Å²) in [6.07, 6.45) is 5.66. The van der Waals surface area contributed by atoms with Crippen molar-refractivity contribution >= 4 is 23.2 Å². The van der Waals surface area contributed by atoms with Crippen molar-refractivity contribution < 1.29 is 14.3 Å². The largest absolute Gasteiger partial charge is 0.376 e. The minimum absolute atomic E-state index is 0.0451. The molecule has 0 aliphatic carbocycles. The molecule has 3 rings (SSSR count). The van der Waals surface area contributed by atoms with Crippen molar-refractivity contribution in [3.05, 3.63) is 22.4 Å². The lowest BCUT2D eigenvalue weighted by Gasteiger charge is -2.34. The van der Waals surface area contributed by atoms with Gasteiger partial charge in [-0.3, -0.25) is 14.5 Å². The van der Waals surface area contributed by atoms with E-state index in [9.17, 15) is 9.59 Å². The number of nitrogens with one attached hydrogen (secondary N) is 2. The van der Waals surface area contributed by atoms with Crippen LogP contribution in [0.5, 0.6) is 0 Å². The van der Waals surface area contributed by atoms with Crippen molar-refractivity contribution in [2.75, 3.05) is 32.8 Å². The van der Waals surface area contributed by atoms with Crippen LogP contribution in [0.4, 0.5) is 0 Å². The van der Waals surface area contributed by atoms with E-state index in [1.807, 2.05) is 0 Å². The molecular weight excluding hydrogens is 338 g/mol. The normalized spacial score (nSPS) is 22.5. The van der Waals surface area contributed by atoms with Crippen LogP contribution >= 0.6 is 11.3 Å². The Morgan fingerprint density at radius 1 is 1.20 bits per heavy atom. The Morgan fingerprint density at radius 2 is 2.00 bits per heavy atom. The highest BCUT2D eigenvalue weighted by molar-refractivity contribution is 7.07. The van der Waals surface area contributed by atoms with Crippen LogP contribution < -0.4 is 10.6 Å². The molecule has 6 nitrogen and oxygen atoms in total. The summed E-state index contributed by atoms with van der Waals surface area (Å²) in [5, 5.41) is 9.68. The van der Waals surface area contributed by atoms with Gasteiger partial charge in [0.1, 0.15) is 0 Å². The van der Waals surface area contributed by atoms with E-state index in [4.69, 9.17) is 4.74 Å². The van der Waals surface area contributed by atoms with E-state index in [1.54, 1.807) is 11.3 Å². The number of thiophene rings is 1. The van der Waals surface area contributed by atoms with Gasteiger partial charge in [-0.25, -0.2) is 0 Å². The molecule has 25 heavy (non-hydrogen) atoms. The second kappa shape index (κ2) is 9.31. The molecule has 3 heterocycles. The molecule has 2 atom stereocenters. The molecule has 2 amide bonds. The second-order valence-corrected chi connectivity index (χ2v) is 7.50. The lowest BCUT2D eigenvalue weighted by molar-refractivity contribution is -0.139. The summed E-state index contributed by atoms with van der Waals surface area (Å²) in [7, 11) is 0. The van der Waals surface area contributed by atoms with E-state index < -0.39 is 11.8 Å². The molecule has 2 unspecified atom stereocenters. The molecule has 0 bridgehead atoms. The van der Waals surface area contributed by atoms with E-state index in [-0.39, 0.29) is 12.1 Å². The van der Waals surface area contributed by atoms with Crippen LogP contribution in [0.25, 0.3) is 0 Å². The molecule has 1 aromatic rings. The maximum atomic E-state index is 12.1. The zero-order valence-electron chi connectivity index (χ0n) is 14.5. The summed E-state index contributed by atoms with van der Waals surface area (Å²) < 4.78 is 5.46. The summed E-state index contributed by atoms with van der Waals surface area (Å²) in [6.45, 7) is 3.70. The lowest BCUT2D eigenvalue weighted by Crippen LogP contribution is -2.46. The monoisotopic (exact) mass is 365 g/mol. The third kappa shape index (κ3) is 5.26. The van der Waals surface area contributed by atoms with Gasteiger partial charge in [0.05, 0.1) is 12.1 Å². The third-order valence-electron chi connectivity index (χ3n) is 4.94. The van der Waals surface area contributed by atoms with Gasteiger partial charge in [0.15, 0.2) is 0 Å². The Labute approximate surface area is 152 Å². The smallest absolute Gasteiger partial charge is 0.309 e. The summed E-state index contributed by atoms with van der Waals surface area (Å²) in [5.74, 6) is -1.13. The molecule has 2 saturated heterocycles. The number of carbonyl (C=O) groups excluding carboxylic acids is 2. The predicted molar refractivity (Wildman–Crippen MR) is 97.5 cm³/mol. The molecule has 0 saturated carbocycles. The fourth-order valence-electron chi connectivity index (χ4n) is 3.51. The van der Waals surface area contributed by atoms with Crippen LogP contribution in [0.2, 0.25) is 0 Å². The molecule has 2 aliphatic heterocycles. The van der Waals surface area contributed by atoms with Gasteiger partial charge in [-0.05, 0) is 61.2 Å². The summed E-state index contributed by atoms with van der Waals surface area (Å²) >= 11 is 1.66. The van der Waals surface area contributed by atoms with E-state index in [0.717, 1.165) is 32.5 Å². The molecule has 2 fully saturated rings. The van der Waals surface area contributed by atoms with Crippen LogP contribution in [-0.4, -0.2) is 55.6 Å².